The number of halogens is 2. The highest BCUT2D eigenvalue weighted by atomic mass is 35.5. The number of aryl methyl sites for hydroxylation is 1. The number of carbonyl (C=O) groups is 1. The molecule has 1 aromatic heterocycles. The number of nitrogens with two attached hydrogens (primary N) is 2. The summed E-state index contributed by atoms with van der Waals surface area (Å²) in [5.74, 6) is 0.902. The molecule has 0 saturated heterocycles. The van der Waals surface area contributed by atoms with E-state index < -0.39 is 5.60 Å². The lowest BCUT2D eigenvalue weighted by Crippen LogP contribution is -2.38. The first-order valence-electron chi connectivity index (χ1n) is 12.5. The summed E-state index contributed by atoms with van der Waals surface area (Å²) in [6.45, 7) is 0. The maximum absolute atomic E-state index is 12.5. The fourth-order valence-electron chi connectivity index (χ4n) is 5.67. The molecule has 9 nitrogen and oxygen atoms in total. The molecule has 0 spiro atoms. The van der Waals surface area contributed by atoms with Gasteiger partial charge in [-0.25, -0.2) is 4.39 Å². The standard InChI is InChI=1S/C19H28N6O2.C7H7ClFN/c1-25-18(22)14(9-26)17(24-25)10-4-11-7-19(27,8-12(11)5-10)15(6-16(20)21)23-13-2-3-13;1-10-5-2-3-7(9)6(8)4-5/h6,9-13,23,27H,2-5,7-8,22H2,1H3,(H3,20,21);2-4,10H,1H3/b15-6-;. The van der Waals surface area contributed by atoms with Gasteiger partial charge >= 0.3 is 0 Å². The monoisotopic (exact) mass is 531 g/mol. The number of aldehydes is 1. The molecule has 0 amide bonds. The van der Waals surface area contributed by atoms with E-state index in [9.17, 15) is 14.3 Å². The summed E-state index contributed by atoms with van der Waals surface area (Å²) in [6, 6.07) is 4.88. The van der Waals surface area contributed by atoms with Gasteiger partial charge in [0.05, 0.1) is 16.3 Å². The van der Waals surface area contributed by atoms with Gasteiger partial charge in [-0.05, 0) is 68.6 Å². The van der Waals surface area contributed by atoms with Crippen LogP contribution in [0.2, 0.25) is 5.02 Å². The number of nitrogens with zero attached hydrogens (tertiary/aromatic N) is 2. The fraction of sp³-hybridized carbons (Fsp3) is 0.500. The predicted octanol–water partition coefficient (Wildman–Crippen LogP) is 3.54. The molecule has 5 rings (SSSR count). The number of rotatable bonds is 7. The Balaban J connectivity index is 0.000000270. The van der Waals surface area contributed by atoms with Gasteiger partial charge in [0.15, 0.2) is 6.29 Å². The van der Waals surface area contributed by atoms with Crippen molar-refractivity contribution in [3.8, 4) is 0 Å². The number of nitrogens with one attached hydrogen (secondary N) is 3. The number of aromatic nitrogens is 2. The van der Waals surface area contributed by atoms with Gasteiger partial charge in [-0.1, -0.05) is 11.6 Å². The number of fused-ring (bicyclic) bond motifs is 1. The lowest BCUT2D eigenvalue weighted by atomic mass is 9.89. The van der Waals surface area contributed by atoms with Crippen LogP contribution in [0, 0.1) is 23.1 Å². The van der Waals surface area contributed by atoms with Crippen LogP contribution in [0.5, 0.6) is 0 Å². The van der Waals surface area contributed by atoms with Crippen molar-refractivity contribution in [2.75, 3.05) is 18.1 Å². The minimum atomic E-state index is -0.953. The number of hydrogen-bond acceptors (Lipinski definition) is 7. The number of hydrogen-bond donors (Lipinski definition) is 6. The van der Waals surface area contributed by atoms with Crippen LogP contribution < -0.4 is 22.1 Å². The molecule has 8 N–H and O–H groups in total. The summed E-state index contributed by atoms with van der Waals surface area (Å²) in [7, 11) is 3.51. The fourth-order valence-corrected chi connectivity index (χ4v) is 5.85. The molecule has 2 atom stereocenters. The zero-order chi connectivity index (χ0) is 26.9. The molecule has 1 aromatic carbocycles. The third kappa shape index (κ3) is 5.91. The highest BCUT2D eigenvalue weighted by Gasteiger charge is 2.52. The van der Waals surface area contributed by atoms with Crippen LogP contribution in [0.1, 0.15) is 60.5 Å². The Morgan fingerprint density at radius 3 is 2.49 bits per heavy atom. The highest BCUT2D eigenvalue weighted by molar-refractivity contribution is 6.31. The molecule has 1 heterocycles. The Morgan fingerprint density at radius 2 is 1.97 bits per heavy atom. The normalized spacial score (nSPS) is 26.7. The Morgan fingerprint density at radius 1 is 1.32 bits per heavy atom. The van der Waals surface area contributed by atoms with Gasteiger partial charge in [-0.3, -0.25) is 14.9 Å². The van der Waals surface area contributed by atoms with E-state index in [4.69, 9.17) is 28.5 Å². The van der Waals surface area contributed by atoms with Gasteiger partial charge in [0.25, 0.3) is 0 Å². The molecular formula is C26H35ClFN7O2. The number of carbonyl (C=O) groups excluding carboxylic acids is 1. The van der Waals surface area contributed by atoms with Gasteiger partial charge < -0.3 is 27.2 Å². The molecule has 0 radical (unpaired) electrons. The Hall–Kier alpha value is -3.11. The Kier molecular flexibility index (Phi) is 7.80. The van der Waals surface area contributed by atoms with Gasteiger partial charge in [0.2, 0.25) is 0 Å². The number of nitrogen functional groups attached to an aromatic ring is 1. The van der Waals surface area contributed by atoms with Gasteiger partial charge in [-0.2, -0.15) is 5.10 Å². The van der Waals surface area contributed by atoms with Crippen molar-refractivity contribution in [3.05, 3.63) is 52.1 Å². The molecule has 3 saturated carbocycles. The summed E-state index contributed by atoms with van der Waals surface area (Å²) in [5, 5.41) is 29.8. The van der Waals surface area contributed by atoms with Gasteiger partial charge in [0.1, 0.15) is 23.1 Å². The predicted molar refractivity (Wildman–Crippen MR) is 143 cm³/mol. The van der Waals surface area contributed by atoms with E-state index >= 15 is 0 Å². The van der Waals surface area contributed by atoms with E-state index in [0.717, 1.165) is 43.4 Å². The Labute approximate surface area is 220 Å². The summed E-state index contributed by atoms with van der Waals surface area (Å²) in [5.41, 5.74) is 13.4. The average molecular weight is 532 g/mol. The summed E-state index contributed by atoms with van der Waals surface area (Å²) < 4.78 is 14.0. The lowest BCUT2D eigenvalue weighted by molar-refractivity contribution is 0.0683. The summed E-state index contributed by atoms with van der Waals surface area (Å²) in [4.78, 5) is 11.4. The second-order valence-electron chi connectivity index (χ2n) is 10.4. The van der Waals surface area contributed by atoms with Crippen molar-refractivity contribution in [2.24, 2.45) is 24.6 Å². The molecule has 2 aromatic rings. The van der Waals surface area contributed by atoms with Crippen molar-refractivity contribution < 1.29 is 14.3 Å². The SMILES string of the molecule is CNc1ccc(F)c(Cl)c1.Cn1nc(C2CC3CC(O)(/C(=C/C(=N)N)NC4CC4)CC3C2)c(C=O)c1N. The van der Waals surface area contributed by atoms with E-state index in [1.807, 2.05) is 0 Å². The van der Waals surface area contributed by atoms with Crippen LogP contribution in [0.25, 0.3) is 0 Å². The van der Waals surface area contributed by atoms with Crippen molar-refractivity contribution >= 4 is 35.2 Å². The van der Waals surface area contributed by atoms with Crippen LogP contribution in [0.4, 0.5) is 15.9 Å². The van der Waals surface area contributed by atoms with Crippen LogP contribution in [-0.4, -0.2) is 45.7 Å². The summed E-state index contributed by atoms with van der Waals surface area (Å²) in [6.07, 6.45) is 7.63. The number of aliphatic hydroxyl groups is 1. The van der Waals surface area contributed by atoms with Crippen LogP contribution in [-0.2, 0) is 7.05 Å². The van der Waals surface area contributed by atoms with Crippen molar-refractivity contribution in [1.82, 2.24) is 15.1 Å². The molecule has 200 valence electrons. The first kappa shape index (κ1) is 26.9. The molecule has 3 fully saturated rings. The number of anilines is 2. The van der Waals surface area contributed by atoms with E-state index in [1.165, 1.54) is 12.1 Å². The van der Waals surface area contributed by atoms with E-state index in [1.54, 1.807) is 30.9 Å². The van der Waals surface area contributed by atoms with Crippen molar-refractivity contribution in [3.63, 3.8) is 0 Å². The first-order chi connectivity index (χ1) is 17.5. The first-order valence-corrected chi connectivity index (χ1v) is 12.9. The Bertz CT molecular complexity index is 1200. The van der Waals surface area contributed by atoms with E-state index in [2.05, 4.69) is 15.7 Å². The second kappa shape index (κ2) is 10.7. The van der Waals surface area contributed by atoms with Gasteiger partial charge in [0, 0.05) is 43.5 Å². The number of benzene rings is 1. The molecular weight excluding hydrogens is 497 g/mol. The molecule has 37 heavy (non-hydrogen) atoms. The highest BCUT2D eigenvalue weighted by Crippen LogP contribution is 2.55. The molecule has 2 unspecified atom stereocenters. The zero-order valence-electron chi connectivity index (χ0n) is 21.1. The van der Waals surface area contributed by atoms with Crippen molar-refractivity contribution in [1.29, 1.82) is 5.41 Å². The third-order valence-corrected chi connectivity index (χ3v) is 7.94. The summed E-state index contributed by atoms with van der Waals surface area (Å²) >= 11 is 5.48. The molecule has 0 bridgehead atoms. The van der Waals surface area contributed by atoms with Crippen LogP contribution in [0.3, 0.4) is 0 Å². The quantitative estimate of drug-likeness (QED) is 0.181. The maximum Gasteiger partial charge on any atom is 0.155 e. The minimum absolute atomic E-state index is 0.0407. The van der Waals surface area contributed by atoms with E-state index in [-0.39, 0.29) is 22.6 Å². The third-order valence-electron chi connectivity index (χ3n) is 7.65. The minimum Gasteiger partial charge on any atom is -0.388 e. The smallest absolute Gasteiger partial charge is 0.155 e. The van der Waals surface area contributed by atoms with Gasteiger partial charge in [-0.15, -0.1) is 0 Å². The average Bonchev–Trinajstić information content (AvgIpc) is 3.40. The maximum atomic E-state index is 12.5. The lowest BCUT2D eigenvalue weighted by Gasteiger charge is -2.29. The van der Waals surface area contributed by atoms with Crippen LogP contribution in [0.15, 0.2) is 30.0 Å². The largest absolute Gasteiger partial charge is 0.388 e. The molecule has 0 aliphatic heterocycles. The molecule has 11 heteroatoms. The van der Waals surface area contributed by atoms with Crippen molar-refractivity contribution in [2.45, 2.75) is 56.1 Å². The number of amidine groups is 1. The topological polar surface area (TPSA) is 155 Å². The van der Waals surface area contributed by atoms with E-state index in [0.29, 0.717) is 47.8 Å². The zero-order valence-corrected chi connectivity index (χ0v) is 21.9. The molecule has 3 aliphatic carbocycles. The van der Waals surface area contributed by atoms with Crippen LogP contribution >= 0.6 is 11.6 Å². The second-order valence-corrected chi connectivity index (χ2v) is 10.8. The molecule has 3 aliphatic rings.